The maximum atomic E-state index is 5.54. The van der Waals surface area contributed by atoms with Gasteiger partial charge < -0.3 is 24.8 Å². The lowest BCUT2D eigenvalue weighted by atomic mass is 10.1. The summed E-state index contributed by atoms with van der Waals surface area (Å²) >= 11 is 0. The molecule has 0 atom stereocenters. The number of morpholine rings is 1. The monoisotopic (exact) mass is 570 g/mol. The van der Waals surface area contributed by atoms with E-state index in [1.165, 1.54) is 5.69 Å². The Kier molecular flexibility index (Phi) is 7.08. The van der Waals surface area contributed by atoms with Gasteiger partial charge in [0.1, 0.15) is 5.69 Å². The molecule has 0 radical (unpaired) electrons. The van der Waals surface area contributed by atoms with Crippen LogP contribution in [0.2, 0.25) is 0 Å². The molecule has 0 unspecified atom stereocenters. The van der Waals surface area contributed by atoms with Crippen LogP contribution in [0.3, 0.4) is 0 Å². The van der Waals surface area contributed by atoms with E-state index in [1.807, 2.05) is 37.5 Å². The fraction of sp³-hybridized carbons (Fsp3) is 0.235. The number of nitrogens with zero attached hydrogens (tertiary/aromatic N) is 6. The molecule has 2 N–H and O–H groups in total. The van der Waals surface area contributed by atoms with Gasteiger partial charge in [0.05, 0.1) is 41.6 Å². The topological polar surface area (TPSA) is 95.1 Å². The Labute approximate surface area is 250 Å². The summed E-state index contributed by atoms with van der Waals surface area (Å²) < 4.78 is 5.54. The van der Waals surface area contributed by atoms with Crippen LogP contribution in [0, 0.1) is 6.92 Å². The second-order valence-corrected chi connectivity index (χ2v) is 10.9. The summed E-state index contributed by atoms with van der Waals surface area (Å²) in [6.45, 7) is 7.42. The number of rotatable bonds is 7. The fourth-order valence-corrected chi connectivity index (χ4v) is 5.57. The summed E-state index contributed by atoms with van der Waals surface area (Å²) in [5, 5.41) is 4.66. The molecule has 0 bridgehead atoms. The molecule has 1 aliphatic rings. The van der Waals surface area contributed by atoms with Gasteiger partial charge in [-0.2, -0.15) is 0 Å². The number of ether oxygens (including phenoxy) is 1. The van der Waals surface area contributed by atoms with Gasteiger partial charge in [0, 0.05) is 65.9 Å². The summed E-state index contributed by atoms with van der Waals surface area (Å²) in [7, 11) is 2.06. The highest BCUT2D eigenvalue weighted by molar-refractivity contribution is 5.95. The fourth-order valence-electron chi connectivity index (χ4n) is 5.57. The van der Waals surface area contributed by atoms with Crippen molar-refractivity contribution in [1.82, 2.24) is 24.9 Å². The number of nitrogens with one attached hydrogen (secondary N) is 2. The van der Waals surface area contributed by atoms with E-state index in [0.717, 1.165) is 100 Å². The molecule has 216 valence electrons. The SMILES string of the molecule is CCc1cc(N(C)c2ccc3[nH]c(-c4ccc(Nc5cc(C)nc6ccc(N7CCOCC7)cc56)cn4)nc3c2)ccn1. The maximum Gasteiger partial charge on any atom is 0.157 e. The van der Waals surface area contributed by atoms with Gasteiger partial charge in [0.2, 0.25) is 0 Å². The first-order chi connectivity index (χ1) is 21.0. The first-order valence-electron chi connectivity index (χ1n) is 14.7. The molecule has 0 aliphatic carbocycles. The number of aryl methyl sites for hydroxylation is 2. The minimum absolute atomic E-state index is 0.735. The van der Waals surface area contributed by atoms with Gasteiger partial charge in [0.25, 0.3) is 0 Å². The van der Waals surface area contributed by atoms with Crippen molar-refractivity contribution in [3.8, 4) is 11.5 Å². The van der Waals surface area contributed by atoms with Crippen LogP contribution in [0.1, 0.15) is 18.3 Å². The number of pyridine rings is 3. The third-order valence-corrected chi connectivity index (χ3v) is 7.99. The molecule has 1 aliphatic heterocycles. The Morgan fingerprint density at radius 2 is 1.77 bits per heavy atom. The standard InChI is InChI=1S/C34H34N8O/c1-4-23-18-26(11-12-35-23)41(3)25-6-10-30-33(20-25)40-34(39-30)31-8-5-24(21-36-31)38-32-17-22(2)37-29-9-7-27(19-28(29)32)42-13-15-43-16-14-42/h5-12,17-21H,4,13-16H2,1-3H3,(H,37,38)(H,39,40). The lowest BCUT2D eigenvalue weighted by Crippen LogP contribution is -2.36. The van der Waals surface area contributed by atoms with E-state index >= 15 is 0 Å². The van der Waals surface area contributed by atoms with E-state index in [-0.39, 0.29) is 0 Å². The Bertz CT molecular complexity index is 1910. The highest BCUT2D eigenvalue weighted by atomic mass is 16.5. The maximum absolute atomic E-state index is 5.54. The van der Waals surface area contributed by atoms with Crippen LogP contribution in [0.5, 0.6) is 0 Å². The lowest BCUT2D eigenvalue weighted by Gasteiger charge is -2.29. The molecule has 7 rings (SSSR count). The number of hydrogen-bond acceptors (Lipinski definition) is 8. The molecule has 1 fully saturated rings. The van der Waals surface area contributed by atoms with E-state index in [4.69, 9.17) is 19.7 Å². The number of hydrogen-bond donors (Lipinski definition) is 2. The molecule has 9 nitrogen and oxygen atoms in total. The normalized spacial score (nSPS) is 13.5. The highest BCUT2D eigenvalue weighted by Gasteiger charge is 2.14. The highest BCUT2D eigenvalue weighted by Crippen LogP contribution is 2.32. The molecule has 0 saturated carbocycles. The summed E-state index contributed by atoms with van der Waals surface area (Å²) in [5.74, 6) is 0.735. The van der Waals surface area contributed by atoms with Gasteiger partial charge >= 0.3 is 0 Å². The molecule has 6 aromatic rings. The lowest BCUT2D eigenvalue weighted by molar-refractivity contribution is 0.122. The summed E-state index contributed by atoms with van der Waals surface area (Å²) in [6, 6.07) is 23.0. The zero-order valence-corrected chi connectivity index (χ0v) is 24.6. The summed E-state index contributed by atoms with van der Waals surface area (Å²) in [5.41, 5.74) is 10.9. The van der Waals surface area contributed by atoms with Gasteiger partial charge in [-0.25, -0.2) is 4.98 Å². The van der Waals surface area contributed by atoms with E-state index in [9.17, 15) is 0 Å². The van der Waals surface area contributed by atoms with E-state index in [1.54, 1.807) is 0 Å². The molecule has 0 amide bonds. The predicted molar refractivity (Wildman–Crippen MR) is 174 cm³/mol. The van der Waals surface area contributed by atoms with Crippen LogP contribution in [-0.4, -0.2) is 58.3 Å². The van der Waals surface area contributed by atoms with Gasteiger partial charge in [-0.3, -0.25) is 15.0 Å². The van der Waals surface area contributed by atoms with Gasteiger partial charge in [-0.05, 0) is 80.1 Å². The third kappa shape index (κ3) is 5.47. The summed E-state index contributed by atoms with van der Waals surface area (Å²) in [6.07, 6.45) is 4.62. The van der Waals surface area contributed by atoms with E-state index in [0.29, 0.717) is 0 Å². The van der Waals surface area contributed by atoms with Crippen molar-refractivity contribution in [2.24, 2.45) is 0 Å². The summed E-state index contributed by atoms with van der Waals surface area (Å²) in [4.78, 5) is 26.8. The average Bonchev–Trinajstić information content (AvgIpc) is 3.48. The van der Waals surface area contributed by atoms with Crippen LogP contribution in [-0.2, 0) is 11.2 Å². The molecular formula is C34H34N8O. The molecule has 5 heterocycles. The molecular weight excluding hydrogens is 536 g/mol. The van der Waals surface area contributed by atoms with Crippen molar-refractivity contribution in [3.63, 3.8) is 0 Å². The Balaban J connectivity index is 1.13. The van der Waals surface area contributed by atoms with Gasteiger partial charge in [-0.15, -0.1) is 0 Å². The number of benzene rings is 2. The van der Waals surface area contributed by atoms with Gasteiger partial charge in [-0.1, -0.05) is 6.92 Å². The average molecular weight is 571 g/mol. The molecule has 9 heteroatoms. The van der Waals surface area contributed by atoms with Gasteiger partial charge in [0.15, 0.2) is 5.82 Å². The van der Waals surface area contributed by atoms with Crippen LogP contribution < -0.4 is 15.1 Å². The second kappa shape index (κ2) is 11.3. The van der Waals surface area contributed by atoms with E-state index < -0.39 is 0 Å². The van der Waals surface area contributed by atoms with Crippen molar-refractivity contribution in [2.45, 2.75) is 20.3 Å². The Morgan fingerprint density at radius 3 is 2.58 bits per heavy atom. The number of imidazole rings is 1. The van der Waals surface area contributed by atoms with Crippen LogP contribution in [0.4, 0.5) is 28.4 Å². The molecule has 4 aromatic heterocycles. The predicted octanol–water partition coefficient (Wildman–Crippen LogP) is 6.79. The van der Waals surface area contributed by atoms with Crippen molar-refractivity contribution >= 4 is 50.4 Å². The second-order valence-electron chi connectivity index (χ2n) is 10.9. The zero-order chi connectivity index (χ0) is 29.3. The van der Waals surface area contributed by atoms with Crippen molar-refractivity contribution in [2.75, 3.05) is 48.5 Å². The van der Waals surface area contributed by atoms with Crippen molar-refractivity contribution in [1.29, 1.82) is 0 Å². The van der Waals surface area contributed by atoms with Crippen LogP contribution >= 0.6 is 0 Å². The molecule has 0 spiro atoms. The Hall–Kier alpha value is -5.02. The van der Waals surface area contributed by atoms with Crippen molar-refractivity contribution in [3.05, 3.63) is 90.5 Å². The Morgan fingerprint density at radius 1 is 0.907 bits per heavy atom. The zero-order valence-electron chi connectivity index (χ0n) is 24.6. The number of aromatic amines is 1. The van der Waals surface area contributed by atoms with E-state index in [2.05, 4.69) is 87.6 Å². The van der Waals surface area contributed by atoms with Crippen LogP contribution in [0.15, 0.2) is 79.1 Å². The third-order valence-electron chi connectivity index (χ3n) is 7.99. The molecule has 43 heavy (non-hydrogen) atoms. The number of anilines is 5. The van der Waals surface area contributed by atoms with Crippen molar-refractivity contribution < 1.29 is 4.74 Å². The molecule has 2 aromatic carbocycles. The van der Waals surface area contributed by atoms with Crippen LogP contribution in [0.25, 0.3) is 33.5 Å². The first-order valence-corrected chi connectivity index (χ1v) is 14.7. The largest absolute Gasteiger partial charge is 0.378 e. The minimum atomic E-state index is 0.735. The minimum Gasteiger partial charge on any atom is -0.378 e. The number of fused-ring (bicyclic) bond motifs is 2. The molecule has 1 saturated heterocycles. The quantitative estimate of drug-likeness (QED) is 0.217. The first kappa shape index (κ1) is 26.9. The smallest absolute Gasteiger partial charge is 0.157 e. The number of aromatic nitrogens is 5. The number of H-pyrrole nitrogens is 1.